The van der Waals surface area contributed by atoms with Crippen LogP contribution in [0.5, 0.6) is 0 Å². The molecule has 1 aromatic rings. The van der Waals surface area contributed by atoms with Gasteiger partial charge in [-0.25, -0.2) is 0 Å². The normalized spacial score (nSPS) is 13.5. The molecule has 0 bridgehead atoms. The molecule has 0 aliphatic heterocycles. The fourth-order valence-corrected chi connectivity index (χ4v) is 1.38. The Morgan fingerprint density at radius 1 is 1.38 bits per heavy atom. The van der Waals surface area contributed by atoms with Gasteiger partial charge < -0.3 is 15.9 Å². The number of nitrogens with two attached hydrogens (primary N) is 1. The highest BCUT2D eigenvalue weighted by molar-refractivity contribution is 5.75. The van der Waals surface area contributed by atoms with Crippen molar-refractivity contribution in [1.29, 1.82) is 0 Å². The van der Waals surface area contributed by atoms with Crippen LogP contribution in [-0.4, -0.2) is 22.8 Å². The second-order valence-corrected chi connectivity index (χ2v) is 4.48. The minimum absolute atomic E-state index is 0.0390. The molecule has 0 radical (unpaired) electrons. The van der Waals surface area contributed by atoms with E-state index in [2.05, 4.69) is 0 Å². The Labute approximate surface area is 94.7 Å². The molecule has 4 N–H and O–H groups in total. The zero-order chi connectivity index (χ0) is 12.3. The first-order valence-electron chi connectivity index (χ1n) is 5.08. The second-order valence-electron chi connectivity index (χ2n) is 4.48. The lowest BCUT2D eigenvalue weighted by Gasteiger charge is -2.22. The average molecular weight is 223 g/mol. The van der Waals surface area contributed by atoms with Gasteiger partial charge in [-0.3, -0.25) is 4.79 Å². The predicted octanol–water partition coefficient (Wildman–Crippen LogP) is 1.04. The highest BCUT2D eigenvalue weighted by atomic mass is 16.4. The lowest BCUT2D eigenvalue weighted by molar-refractivity contribution is -0.138. The zero-order valence-corrected chi connectivity index (χ0v) is 9.47. The minimum Gasteiger partial charge on any atom is -0.480 e. The molecule has 0 heterocycles. The number of hydrogen-bond donors (Lipinski definition) is 3. The lowest BCUT2D eigenvalue weighted by Crippen LogP contribution is -2.23. The van der Waals surface area contributed by atoms with E-state index < -0.39 is 12.0 Å². The molecule has 0 fully saturated rings. The summed E-state index contributed by atoms with van der Waals surface area (Å²) in [5.74, 6) is -1.05. The molecular weight excluding hydrogens is 206 g/mol. The summed E-state index contributed by atoms with van der Waals surface area (Å²) < 4.78 is 0. The summed E-state index contributed by atoms with van der Waals surface area (Å²) in [6, 6.07) is 5.98. The summed E-state index contributed by atoms with van der Waals surface area (Å²) in [4.78, 5) is 10.7. The van der Waals surface area contributed by atoms with Crippen LogP contribution in [0.15, 0.2) is 24.3 Å². The molecule has 4 heteroatoms. The minimum atomic E-state index is -1.05. The molecule has 16 heavy (non-hydrogen) atoms. The summed E-state index contributed by atoms with van der Waals surface area (Å²) in [6.45, 7) is 3.87. The van der Waals surface area contributed by atoms with Crippen molar-refractivity contribution >= 4 is 5.97 Å². The third-order valence-electron chi connectivity index (χ3n) is 2.71. The van der Waals surface area contributed by atoms with Crippen molar-refractivity contribution in [2.24, 2.45) is 5.73 Å². The number of benzene rings is 1. The largest absolute Gasteiger partial charge is 0.480 e. The number of aliphatic hydroxyl groups is 1. The molecule has 1 rings (SSSR count). The topological polar surface area (TPSA) is 83.5 Å². The van der Waals surface area contributed by atoms with Crippen LogP contribution in [-0.2, 0) is 10.2 Å². The van der Waals surface area contributed by atoms with Crippen molar-refractivity contribution < 1.29 is 15.0 Å². The van der Waals surface area contributed by atoms with E-state index in [0.29, 0.717) is 5.56 Å². The fraction of sp³-hybridized carbons (Fsp3) is 0.417. The summed E-state index contributed by atoms with van der Waals surface area (Å²) >= 11 is 0. The molecule has 0 saturated heterocycles. The van der Waals surface area contributed by atoms with E-state index in [1.54, 1.807) is 24.3 Å². The van der Waals surface area contributed by atoms with Crippen molar-refractivity contribution in [3.8, 4) is 0 Å². The number of carboxylic acid groups (broad SMARTS) is 1. The highest BCUT2D eigenvalue weighted by Gasteiger charge is 2.20. The van der Waals surface area contributed by atoms with Gasteiger partial charge in [-0.15, -0.1) is 0 Å². The zero-order valence-electron chi connectivity index (χ0n) is 9.47. The number of aliphatic hydroxyl groups excluding tert-OH is 1. The maximum Gasteiger partial charge on any atom is 0.325 e. The summed E-state index contributed by atoms with van der Waals surface area (Å²) in [5, 5.41) is 17.9. The van der Waals surface area contributed by atoms with Crippen LogP contribution in [0, 0.1) is 0 Å². The number of rotatable bonds is 4. The Kier molecular flexibility index (Phi) is 3.67. The Bertz CT molecular complexity index is 370. The molecule has 0 aliphatic rings. The van der Waals surface area contributed by atoms with E-state index in [1.165, 1.54) is 0 Å². The van der Waals surface area contributed by atoms with Crippen LogP contribution in [0.25, 0.3) is 0 Å². The number of hydrogen-bond acceptors (Lipinski definition) is 3. The van der Waals surface area contributed by atoms with Crippen molar-refractivity contribution in [2.75, 3.05) is 6.61 Å². The van der Waals surface area contributed by atoms with Crippen LogP contribution >= 0.6 is 0 Å². The van der Waals surface area contributed by atoms with Gasteiger partial charge in [0.25, 0.3) is 0 Å². The molecule has 4 nitrogen and oxygen atoms in total. The fourth-order valence-electron chi connectivity index (χ4n) is 1.38. The standard InChI is InChI=1S/C12H17NO3/c1-12(2,7-14)9-5-3-8(4-6-9)10(13)11(15)16/h3-6,10,14H,7,13H2,1-2H3,(H,15,16). The Hall–Kier alpha value is -1.39. The van der Waals surface area contributed by atoms with Crippen LogP contribution in [0.4, 0.5) is 0 Å². The van der Waals surface area contributed by atoms with Gasteiger partial charge in [0.15, 0.2) is 0 Å². The Balaban J connectivity index is 2.96. The second kappa shape index (κ2) is 4.63. The first-order chi connectivity index (χ1) is 7.38. The first-order valence-corrected chi connectivity index (χ1v) is 5.08. The molecule has 1 atom stereocenters. The predicted molar refractivity (Wildman–Crippen MR) is 61.1 cm³/mol. The van der Waals surface area contributed by atoms with Crippen LogP contribution in [0.1, 0.15) is 31.0 Å². The van der Waals surface area contributed by atoms with Gasteiger partial charge >= 0.3 is 5.97 Å². The van der Waals surface area contributed by atoms with E-state index >= 15 is 0 Å². The Morgan fingerprint density at radius 2 is 1.88 bits per heavy atom. The smallest absolute Gasteiger partial charge is 0.325 e. The van der Waals surface area contributed by atoms with E-state index in [1.807, 2.05) is 13.8 Å². The van der Waals surface area contributed by atoms with Crippen LogP contribution < -0.4 is 5.73 Å². The van der Waals surface area contributed by atoms with Gasteiger partial charge in [0.2, 0.25) is 0 Å². The molecule has 1 unspecified atom stereocenters. The molecule has 0 spiro atoms. The number of aliphatic carboxylic acids is 1. The molecule has 0 aliphatic carbocycles. The van der Waals surface area contributed by atoms with E-state index in [4.69, 9.17) is 10.8 Å². The lowest BCUT2D eigenvalue weighted by atomic mass is 9.85. The van der Waals surface area contributed by atoms with Crippen molar-refractivity contribution in [3.63, 3.8) is 0 Å². The van der Waals surface area contributed by atoms with Crippen LogP contribution in [0.2, 0.25) is 0 Å². The van der Waals surface area contributed by atoms with Crippen molar-refractivity contribution in [2.45, 2.75) is 25.3 Å². The van der Waals surface area contributed by atoms with Crippen LogP contribution in [0.3, 0.4) is 0 Å². The monoisotopic (exact) mass is 223 g/mol. The Morgan fingerprint density at radius 3 is 2.25 bits per heavy atom. The summed E-state index contributed by atoms with van der Waals surface area (Å²) in [6.07, 6.45) is 0. The molecule has 0 aromatic heterocycles. The van der Waals surface area contributed by atoms with Gasteiger partial charge in [-0.05, 0) is 11.1 Å². The maximum absolute atomic E-state index is 10.7. The van der Waals surface area contributed by atoms with Crippen molar-refractivity contribution in [3.05, 3.63) is 35.4 Å². The molecular formula is C12H17NO3. The van der Waals surface area contributed by atoms with Crippen molar-refractivity contribution in [1.82, 2.24) is 0 Å². The quantitative estimate of drug-likeness (QED) is 0.712. The molecule has 1 aromatic carbocycles. The summed E-state index contributed by atoms with van der Waals surface area (Å²) in [7, 11) is 0. The van der Waals surface area contributed by atoms with E-state index in [9.17, 15) is 9.90 Å². The highest BCUT2D eigenvalue weighted by Crippen LogP contribution is 2.23. The molecule has 0 amide bonds. The molecule has 88 valence electrons. The van der Waals surface area contributed by atoms with Gasteiger partial charge in [0, 0.05) is 5.41 Å². The van der Waals surface area contributed by atoms with E-state index in [0.717, 1.165) is 5.56 Å². The van der Waals surface area contributed by atoms with Gasteiger partial charge in [-0.2, -0.15) is 0 Å². The first kappa shape index (κ1) is 12.7. The SMILES string of the molecule is CC(C)(CO)c1ccc(C(N)C(=O)O)cc1. The van der Waals surface area contributed by atoms with Gasteiger partial charge in [-0.1, -0.05) is 38.1 Å². The summed E-state index contributed by atoms with van der Waals surface area (Å²) in [5.41, 5.74) is 6.67. The van der Waals surface area contributed by atoms with Gasteiger partial charge in [0.1, 0.15) is 6.04 Å². The van der Waals surface area contributed by atoms with Gasteiger partial charge in [0.05, 0.1) is 6.61 Å². The maximum atomic E-state index is 10.7. The number of carboxylic acids is 1. The third kappa shape index (κ3) is 2.59. The number of carbonyl (C=O) groups is 1. The molecule has 0 saturated carbocycles. The van der Waals surface area contributed by atoms with E-state index in [-0.39, 0.29) is 12.0 Å². The average Bonchev–Trinajstić information content (AvgIpc) is 2.28. The third-order valence-corrected chi connectivity index (χ3v) is 2.71.